The first-order chi connectivity index (χ1) is 4.47. The molecule has 0 aliphatic heterocycles. The molecule has 0 fully saturated rings. The van der Waals surface area contributed by atoms with Gasteiger partial charge in [-0.15, -0.1) is 0 Å². The number of quaternary nitrogens is 1. The van der Waals surface area contributed by atoms with Crippen molar-refractivity contribution in [3.8, 4) is 0 Å². The zero-order valence-electron chi connectivity index (χ0n) is 7.84. The monoisotopic (exact) mass is 185 g/mol. The topological polar surface area (TPSA) is 40.5 Å². The van der Waals surface area contributed by atoms with Gasteiger partial charge in [-0.05, 0) is 6.92 Å². The molecule has 72 valence electrons. The average Bonchev–Trinajstić information content (AvgIpc) is 1.63. The number of aliphatic hydroxyl groups excluding tert-OH is 2. The van der Waals surface area contributed by atoms with E-state index in [1.54, 1.807) is 6.92 Å². The maximum atomic E-state index is 8.39. The summed E-state index contributed by atoms with van der Waals surface area (Å²) in [6, 6.07) is 0. The lowest BCUT2D eigenvalue weighted by molar-refractivity contribution is -0.870. The maximum absolute atomic E-state index is 8.39. The molecule has 0 radical (unpaired) electrons. The summed E-state index contributed by atoms with van der Waals surface area (Å²) in [6.07, 6.45) is 0. The van der Waals surface area contributed by atoms with Gasteiger partial charge in [-0.3, -0.25) is 0 Å². The third kappa shape index (κ3) is 39.0. The van der Waals surface area contributed by atoms with E-state index < -0.39 is 0 Å². The van der Waals surface area contributed by atoms with E-state index in [-0.39, 0.29) is 25.6 Å². The number of hydrogen-bond acceptors (Lipinski definition) is 2. The first-order valence-corrected chi connectivity index (χ1v) is 3.50. The van der Waals surface area contributed by atoms with Gasteiger partial charge < -0.3 is 27.1 Å². The largest absolute Gasteiger partial charge is 1.00 e. The second kappa shape index (κ2) is 10.2. The Balaban J connectivity index is -0.000000140. The number of nitrogens with zero attached hydrogens (tertiary/aromatic N) is 1. The van der Waals surface area contributed by atoms with Gasteiger partial charge in [0.2, 0.25) is 0 Å². The average molecular weight is 186 g/mol. The number of rotatable bonds is 2. The molecule has 0 aromatic carbocycles. The van der Waals surface area contributed by atoms with Crippen LogP contribution in [0.4, 0.5) is 0 Å². The van der Waals surface area contributed by atoms with Gasteiger partial charge in [0, 0.05) is 6.61 Å². The van der Waals surface area contributed by atoms with Crippen molar-refractivity contribution in [2.45, 2.75) is 6.92 Å². The van der Waals surface area contributed by atoms with E-state index in [9.17, 15) is 0 Å². The zero-order chi connectivity index (χ0) is 8.62. The molecule has 0 aliphatic carbocycles. The van der Waals surface area contributed by atoms with Crippen LogP contribution >= 0.6 is 0 Å². The van der Waals surface area contributed by atoms with E-state index >= 15 is 0 Å². The Morgan fingerprint density at radius 2 is 1.36 bits per heavy atom. The standard InChI is InChI=1S/C5H14NO.C2H6O.ClH/c1-6(2,3)4-5-7;1-2-3;/h7H,4-5H2,1-3H3;3H,2H2,1H3;1H/q+1;;/p-1. The van der Waals surface area contributed by atoms with Gasteiger partial charge in [-0.2, -0.15) is 0 Å². The molecule has 0 aromatic rings. The van der Waals surface area contributed by atoms with Crippen LogP contribution in [0.1, 0.15) is 6.92 Å². The highest BCUT2D eigenvalue weighted by Gasteiger charge is 2.02. The smallest absolute Gasteiger partial charge is 0.101 e. The number of hydrogen-bond donors (Lipinski definition) is 2. The van der Waals surface area contributed by atoms with Gasteiger partial charge in [0.05, 0.1) is 27.7 Å². The van der Waals surface area contributed by atoms with Crippen LogP contribution in [-0.2, 0) is 0 Å². The quantitative estimate of drug-likeness (QED) is 0.443. The molecule has 0 aliphatic rings. The number of aliphatic hydroxyl groups is 2. The minimum Gasteiger partial charge on any atom is -1.00 e. The molecule has 0 atom stereocenters. The summed E-state index contributed by atoms with van der Waals surface area (Å²) >= 11 is 0. The van der Waals surface area contributed by atoms with Crippen molar-refractivity contribution >= 4 is 0 Å². The molecular formula is C7H20ClNO2. The van der Waals surface area contributed by atoms with Crippen molar-refractivity contribution in [3.63, 3.8) is 0 Å². The number of halogens is 1. The van der Waals surface area contributed by atoms with Gasteiger partial charge in [0.25, 0.3) is 0 Å². The van der Waals surface area contributed by atoms with Crippen molar-refractivity contribution in [2.24, 2.45) is 0 Å². The Labute approximate surface area is 75.6 Å². The van der Waals surface area contributed by atoms with E-state index in [0.717, 1.165) is 11.0 Å². The molecule has 2 N–H and O–H groups in total. The normalized spacial score (nSPS) is 9.27. The highest BCUT2D eigenvalue weighted by molar-refractivity contribution is 4.19. The molecule has 4 heteroatoms. The van der Waals surface area contributed by atoms with Crippen molar-refractivity contribution in [1.82, 2.24) is 0 Å². The summed E-state index contributed by atoms with van der Waals surface area (Å²) in [5.41, 5.74) is 0. The summed E-state index contributed by atoms with van der Waals surface area (Å²) in [4.78, 5) is 0. The predicted molar refractivity (Wildman–Crippen MR) is 42.7 cm³/mol. The van der Waals surface area contributed by atoms with Crippen LogP contribution in [0.25, 0.3) is 0 Å². The summed E-state index contributed by atoms with van der Waals surface area (Å²) in [5, 5.41) is 16.0. The van der Waals surface area contributed by atoms with Crippen molar-refractivity contribution < 1.29 is 27.1 Å². The summed E-state index contributed by atoms with van der Waals surface area (Å²) in [5.74, 6) is 0. The third-order valence-electron chi connectivity index (χ3n) is 0.771. The van der Waals surface area contributed by atoms with Crippen molar-refractivity contribution in [2.75, 3.05) is 40.9 Å². The van der Waals surface area contributed by atoms with Crippen LogP contribution in [0.3, 0.4) is 0 Å². The molecular weight excluding hydrogens is 166 g/mol. The van der Waals surface area contributed by atoms with E-state index in [1.807, 2.05) is 0 Å². The van der Waals surface area contributed by atoms with Crippen LogP contribution in [0.5, 0.6) is 0 Å². The van der Waals surface area contributed by atoms with E-state index in [0.29, 0.717) is 0 Å². The second-order valence-corrected chi connectivity index (χ2v) is 3.05. The highest BCUT2D eigenvalue weighted by atomic mass is 35.5. The molecule has 0 bridgehead atoms. The molecule has 0 rings (SSSR count). The van der Waals surface area contributed by atoms with Crippen LogP contribution in [0, 0.1) is 0 Å². The fourth-order valence-corrected chi connectivity index (χ4v) is 0.300. The first kappa shape index (κ1) is 17.3. The van der Waals surface area contributed by atoms with Gasteiger partial charge in [0.1, 0.15) is 6.54 Å². The van der Waals surface area contributed by atoms with Crippen LogP contribution < -0.4 is 12.4 Å². The van der Waals surface area contributed by atoms with E-state index in [4.69, 9.17) is 10.2 Å². The van der Waals surface area contributed by atoms with Gasteiger partial charge >= 0.3 is 0 Å². The molecule has 11 heavy (non-hydrogen) atoms. The van der Waals surface area contributed by atoms with Gasteiger partial charge in [-0.25, -0.2) is 0 Å². The summed E-state index contributed by atoms with van der Waals surface area (Å²) in [6.45, 7) is 3.05. The fourth-order valence-electron chi connectivity index (χ4n) is 0.300. The summed E-state index contributed by atoms with van der Waals surface area (Å²) in [7, 11) is 6.16. The predicted octanol–water partition coefficient (Wildman–Crippen LogP) is -3.31. The Hall–Kier alpha value is 0.170. The molecule has 0 spiro atoms. The highest BCUT2D eigenvalue weighted by Crippen LogP contribution is 1.84. The van der Waals surface area contributed by atoms with E-state index in [2.05, 4.69) is 21.1 Å². The minimum absolute atomic E-state index is 0. The Morgan fingerprint density at radius 1 is 1.09 bits per heavy atom. The third-order valence-corrected chi connectivity index (χ3v) is 0.771. The van der Waals surface area contributed by atoms with Crippen LogP contribution in [-0.4, -0.2) is 55.6 Å². The zero-order valence-corrected chi connectivity index (χ0v) is 8.60. The molecule has 0 aromatic heterocycles. The Morgan fingerprint density at radius 3 is 1.36 bits per heavy atom. The fraction of sp³-hybridized carbons (Fsp3) is 1.00. The molecule has 0 saturated heterocycles. The SMILES string of the molecule is CCO.C[N+](C)(C)CCO.[Cl-]. The van der Waals surface area contributed by atoms with Crippen LogP contribution in [0.2, 0.25) is 0 Å². The van der Waals surface area contributed by atoms with Gasteiger partial charge in [0.15, 0.2) is 0 Å². The lowest BCUT2D eigenvalue weighted by atomic mass is 10.5. The molecule has 0 saturated carbocycles. The van der Waals surface area contributed by atoms with Gasteiger partial charge in [-0.1, -0.05) is 0 Å². The Kier molecular flexibility index (Phi) is 16.0. The Bertz CT molecular complexity index is 64.0. The molecule has 0 unspecified atom stereocenters. The lowest BCUT2D eigenvalue weighted by Gasteiger charge is -2.21. The first-order valence-electron chi connectivity index (χ1n) is 3.50. The summed E-state index contributed by atoms with van der Waals surface area (Å²) < 4.78 is 0.844. The molecule has 0 heterocycles. The number of likely N-dealkylation sites (N-methyl/N-ethyl adjacent to an activating group) is 1. The molecule has 3 nitrogen and oxygen atoms in total. The minimum atomic E-state index is 0. The van der Waals surface area contributed by atoms with Crippen LogP contribution in [0.15, 0.2) is 0 Å². The maximum Gasteiger partial charge on any atom is 0.101 e. The molecule has 0 amide bonds. The lowest BCUT2D eigenvalue weighted by Crippen LogP contribution is -3.00. The van der Waals surface area contributed by atoms with E-state index in [1.165, 1.54) is 0 Å². The second-order valence-electron chi connectivity index (χ2n) is 3.05. The van der Waals surface area contributed by atoms with Crippen molar-refractivity contribution in [3.05, 3.63) is 0 Å². The van der Waals surface area contributed by atoms with Crippen molar-refractivity contribution in [1.29, 1.82) is 0 Å².